The number of esters is 1. The van der Waals surface area contributed by atoms with Crippen molar-refractivity contribution in [2.24, 2.45) is 11.8 Å². The monoisotopic (exact) mass is 200 g/mol. The summed E-state index contributed by atoms with van der Waals surface area (Å²) in [5.74, 6) is 0.368. The average Bonchev–Trinajstić information content (AvgIpc) is 2.15. The van der Waals surface area contributed by atoms with E-state index in [1.165, 1.54) is 6.08 Å². The molecule has 0 saturated heterocycles. The third-order valence-corrected chi connectivity index (χ3v) is 2.30. The highest BCUT2D eigenvalue weighted by atomic mass is 16.5. The molecule has 0 amide bonds. The fraction of sp³-hybridized carbons (Fsp3) is 0.727. The maximum Gasteiger partial charge on any atom is 0.330 e. The van der Waals surface area contributed by atoms with Crippen LogP contribution in [0.15, 0.2) is 12.2 Å². The Hall–Kier alpha value is -0.830. The molecule has 0 rings (SSSR count). The van der Waals surface area contributed by atoms with Crippen molar-refractivity contribution in [2.45, 2.75) is 27.2 Å². The normalized spacial score (nSPS) is 15.4. The molecule has 0 spiro atoms. The van der Waals surface area contributed by atoms with E-state index in [0.717, 1.165) is 6.42 Å². The number of carbonyl (C=O) groups excluding carboxylic acids is 1. The van der Waals surface area contributed by atoms with E-state index in [-0.39, 0.29) is 18.5 Å². The zero-order valence-corrected chi connectivity index (χ0v) is 9.19. The number of ether oxygens (including phenoxy) is 1. The predicted molar refractivity (Wildman–Crippen MR) is 55.8 cm³/mol. The Morgan fingerprint density at radius 2 is 2.14 bits per heavy atom. The van der Waals surface area contributed by atoms with Crippen molar-refractivity contribution in [2.75, 3.05) is 13.2 Å². The number of hydrogen-bond acceptors (Lipinski definition) is 3. The molecule has 14 heavy (non-hydrogen) atoms. The van der Waals surface area contributed by atoms with Crippen molar-refractivity contribution in [3.8, 4) is 0 Å². The molecule has 0 aromatic rings. The van der Waals surface area contributed by atoms with E-state index in [1.807, 2.05) is 13.0 Å². The summed E-state index contributed by atoms with van der Waals surface area (Å²) in [6.45, 7) is 6.46. The van der Waals surface area contributed by atoms with Gasteiger partial charge in [0.15, 0.2) is 0 Å². The van der Waals surface area contributed by atoms with Crippen LogP contribution in [0.2, 0.25) is 0 Å². The number of aliphatic hydroxyl groups excluding tert-OH is 1. The molecule has 0 unspecified atom stereocenters. The van der Waals surface area contributed by atoms with Gasteiger partial charge < -0.3 is 9.84 Å². The molecular weight excluding hydrogens is 180 g/mol. The van der Waals surface area contributed by atoms with Gasteiger partial charge in [-0.1, -0.05) is 19.9 Å². The molecule has 0 aliphatic heterocycles. The van der Waals surface area contributed by atoms with Crippen LogP contribution in [0.25, 0.3) is 0 Å². The fourth-order valence-corrected chi connectivity index (χ4v) is 1.08. The summed E-state index contributed by atoms with van der Waals surface area (Å²) in [4.78, 5) is 11.0. The quantitative estimate of drug-likeness (QED) is 0.525. The Labute approximate surface area is 85.8 Å². The number of aliphatic hydroxyl groups is 1. The first kappa shape index (κ1) is 13.2. The standard InChI is InChI=1S/C11H20O3/c1-4-14-11(13)6-5-9(2)10(3)7-8-12/h5-6,9-10,12H,4,7-8H2,1-3H3/b6-5+/t9-,10-/m1/s1. The van der Waals surface area contributed by atoms with Crippen LogP contribution in [-0.2, 0) is 9.53 Å². The molecule has 1 N–H and O–H groups in total. The molecule has 0 aliphatic carbocycles. The molecule has 0 aliphatic rings. The highest BCUT2D eigenvalue weighted by Gasteiger charge is 2.08. The molecule has 0 bridgehead atoms. The average molecular weight is 200 g/mol. The predicted octanol–water partition coefficient (Wildman–Crippen LogP) is 1.76. The summed E-state index contributed by atoms with van der Waals surface area (Å²) < 4.78 is 4.76. The lowest BCUT2D eigenvalue weighted by atomic mass is 9.93. The van der Waals surface area contributed by atoms with Gasteiger partial charge in [-0.25, -0.2) is 4.79 Å². The minimum Gasteiger partial charge on any atom is -0.463 e. The molecule has 0 radical (unpaired) electrons. The lowest BCUT2D eigenvalue weighted by molar-refractivity contribution is -0.137. The van der Waals surface area contributed by atoms with Gasteiger partial charge in [0.05, 0.1) is 6.61 Å². The first-order valence-electron chi connectivity index (χ1n) is 5.07. The smallest absolute Gasteiger partial charge is 0.330 e. The third kappa shape index (κ3) is 5.75. The van der Waals surface area contributed by atoms with Crippen LogP contribution < -0.4 is 0 Å². The topological polar surface area (TPSA) is 46.5 Å². The van der Waals surface area contributed by atoms with Gasteiger partial charge in [0.1, 0.15) is 0 Å². The minimum absolute atomic E-state index is 0.193. The Morgan fingerprint density at radius 3 is 2.64 bits per heavy atom. The summed E-state index contributed by atoms with van der Waals surface area (Å²) >= 11 is 0. The summed E-state index contributed by atoms with van der Waals surface area (Å²) in [5.41, 5.74) is 0. The molecule has 0 heterocycles. The SMILES string of the molecule is CCOC(=O)/C=C/[C@@H](C)[C@H](C)CCO. The second kappa shape index (κ2) is 7.56. The van der Waals surface area contributed by atoms with Gasteiger partial charge in [0, 0.05) is 12.7 Å². The van der Waals surface area contributed by atoms with Gasteiger partial charge >= 0.3 is 5.97 Å². The van der Waals surface area contributed by atoms with E-state index in [9.17, 15) is 4.79 Å². The fourth-order valence-electron chi connectivity index (χ4n) is 1.08. The Balaban J connectivity index is 3.90. The molecule has 0 fully saturated rings. The van der Waals surface area contributed by atoms with Crippen LogP contribution in [0, 0.1) is 11.8 Å². The van der Waals surface area contributed by atoms with Gasteiger partial charge in [-0.05, 0) is 25.2 Å². The van der Waals surface area contributed by atoms with Crippen molar-refractivity contribution >= 4 is 5.97 Å². The van der Waals surface area contributed by atoms with Crippen molar-refractivity contribution in [3.05, 3.63) is 12.2 Å². The second-order valence-corrected chi connectivity index (χ2v) is 3.46. The van der Waals surface area contributed by atoms with E-state index in [4.69, 9.17) is 9.84 Å². The summed E-state index contributed by atoms with van der Waals surface area (Å²) in [6.07, 6.45) is 4.05. The minimum atomic E-state index is -0.296. The van der Waals surface area contributed by atoms with Crippen LogP contribution >= 0.6 is 0 Å². The molecule has 2 atom stereocenters. The lowest BCUT2D eigenvalue weighted by Crippen LogP contribution is -2.08. The highest BCUT2D eigenvalue weighted by molar-refractivity contribution is 5.81. The Bertz CT molecular complexity index is 187. The summed E-state index contributed by atoms with van der Waals surface area (Å²) in [5, 5.41) is 8.73. The number of carbonyl (C=O) groups is 1. The highest BCUT2D eigenvalue weighted by Crippen LogP contribution is 2.15. The van der Waals surface area contributed by atoms with Crippen molar-refractivity contribution in [1.29, 1.82) is 0 Å². The summed E-state index contributed by atoms with van der Waals surface area (Å²) in [7, 11) is 0. The lowest BCUT2D eigenvalue weighted by Gasteiger charge is -2.14. The van der Waals surface area contributed by atoms with Gasteiger partial charge in [-0.2, -0.15) is 0 Å². The van der Waals surface area contributed by atoms with Crippen LogP contribution in [0.4, 0.5) is 0 Å². The molecule has 82 valence electrons. The van der Waals surface area contributed by atoms with Crippen LogP contribution in [0.1, 0.15) is 27.2 Å². The van der Waals surface area contributed by atoms with Gasteiger partial charge in [-0.3, -0.25) is 0 Å². The van der Waals surface area contributed by atoms with Crippen molar-refractivity contribution < 1.29 is 14.6 Å². The number of hydrogen-bond donors (Lipinski definition) is 1. The zero-order chi connectivity index (χ0) is 11.0. The van der Waals surface area contributed by atoms with Crippen LogP contribution in [0.5, 0.6) is 0 Å². The molecule has 3 heteroatoms. The van der Waals surface area contributed by atoms with E-state index in [2.05, 4.69) is 6.92 Å². The maximum atomic E-state index is 11.0. The molecular formula is C11H20O3. The molecule has 0 saturated carbocycles. The molecule has 0 aromatic carbocycles. The van der Waals surface area contributed by atoms with Crippen molar-refractivity contribution in [1.82, 2.24) is 0 Å². The maximum absolute atomic E-state index is 11.0. The van der Waals surface area contributed by atoms with Gasteiger partial charge in [0.2, 0.25) is 0 Å². The number of allylic oxidation sites excluding steroid dienone is 1. The second-order valence-electron chi connectivity index (χ2n) is 3.46. The van der Waals surface area contributed by atoms with Crippen LogP contribution in [-0.4, -0.2) is 24.3 Å². The van der Waals surface area contributed by atoms with Gasteiger partial charge in [0.25, 0.3) is 0 Å². The Kier molecular flexibility index (Phi) is 7.11. The largest absolute Gasteiger partial charge is 0.463 e. The van der Waals surface area contributed by atoms with Gasteiger partial charge in [-0.15, -0.1) is 0 Å². The summed E-state index contributed by atoms with van der Waals surface area (Å²) in [6, 6.07) is 0. The van der Waals surface area contributed by atoms with Crippen LogP contribution in [0.3, 0.4) is 0 Å². The molecule has 0 aromatic heterocycles. The number of rotatable bonds is 6. The third-order valence-electron chi connectivity index (χ3n) is 2.30. The Morgan fingerprint density at radius 1 is 1.50 bits per heavy atom. The first-order chi connectivity index (χ1) is 6.61. The first-order valence-corrected chi connectivity index (χ1v) is 5.07. The molecule has 3 nitrogen and oxygen atoms in total. The van der Waals surface area contributed by atoms with E-state index in [0.29, 0.717) is 12.5 Å². The van der Waals surface area contributed by atoms with E-state index >= 15 is 0 Å². The van der Waals surface area contributed by atoms with E-state index < -0.39 is 0 Å². The van der Waals surface area contributed by atoms with Crippen molar-refractivity contribution in [3.63, 3.8) is 0 Å². The zero-order valence-electron chi connectivity index (χ0n) is 9.19. The van der Waals surface area contributed by atoms with E-state index in [1.54, 1.807) is 6.92 Å².